The van der Waals surface area contributed by atoms with Gasteiger partial charge < -0.3 is 4.90 Å². The summed E-state index contributed by atoms with van der Waals surface area (Å²) < 4.78 is 0. The quantitative estimate of drug-likeness (QED) is 0.793. The molecule has 2 saturated carbocycles. The van der Waals surface area contributed by atoms with E-state index in [0.717, 1.165) is 19.0 Å². The van der Waals surface area contributed by atoms with E-state index in [1.807, 2.05) is 0 Å². The van der Waals surface area contributed by atoms with Gasteiger partial charge in [-0.25, -0.2) is 0 Å². The third-order valence-corrected chi connectivity index (χ3v) is 7.14. The second-order valence-electron chi connectivity index (χ2n) is 8.10. The fourth-order valence-electron chi connectivity index (χ4n) is 4.82. The monoisotopic (exact) mass is 291 g/mol. The number of hydrogen-bond acceptors (Lipinski definition) is 3. The Hall–Kier alpha value is -0.410. The predicted octanol–water partition coefficient (Wildman–Crippen LogP) is 2.91. The average Bonchev–Trinajstić information content (AvgIpc) is 2.81. The lowest BCUT2D eigenvalue weighted by Gasteiger charge is -2.35. The Morgan fingerprint density at radius 3 is 2.29 bits per heavy atom. The molecule has 3 fully saturated rings. The highest BCUT2D eigenvalue weighted by Gasteiger charge is 2.59. The van der Waals surface area contributed by atoms with Gasteiger partial charge in [0, 0.05) is 43.9 Å². The summed E-state index contributed by atoms with van der Waals surface area (Å²) in [5.41, 5.74) is 2.40. The van der Waals surface area contributed by atoms with E-state index in [-0.39, 0.29) is 0 Å². The van der Waals surface area contributed by atoms with Crippen LogP contribution in [0, 0.1) is 16.7 Å². The maximum absolute atomic E-state index is 5.07. The summed E-state index contributed by atoms with van der Waals surface area (Å²) in [5.74, 6) is 0.884. The first kappa shape index (κ1) is 15.5. The second-order valence-corrected chi connectivity index (χ2v) is 8.10. The Morgan fingerprint density at radius 1 is 1.10 bits per heavy atom. The van der Waals surface area contributed by atoms with E-state index >= 15 is 0 Å². The SMILES string of the molecule is CCN1CCN(CCN=C2C[C@H]3CC[C@]2(C)C3(C)C)CC1. The van der Waals surface area contributed by atoms with Gasteiger partial charge in [0.25, 0.3) is 0 Å². The summed E-state index contributed by atoms with van der Waals surface area (Å²) >= 11 is 0. The minimum absolute atomic E-state index is 0.387. The maximum Gasteiger partial charge on any atom is 0.0516 e. The molecular weight excluding hydrogens is 258 g/mol. The first-order valence-corrected chi connectivity index (χ1v) is 8.96. The third-order valence-electron chi connectivity index (χ3n) is 7.14. The van der Waals surface area contributed by atoms with Gasteiger partial charge in [-0.1, -0.05) is 27.7 Å². The molecule has 2 aliphatic carbocycles. The molecule has 1 aliphatic heterocycles. The Morgan fingerprint density at radius 2 is 1.76 bits per heavy atom. The highest BCUT2D eigenvalue weighted by molar-refractivity contribution is 5.94. The summed E-state index contributed by atoms with van der Waals surface area (Å²) in [4.78, 5) is 10.2. The molecule has 0 N–H and O–H groups in total. The molecule has 0 aromatic rings. The summed E-state index contributed by atoms with van der Waals surface area (Å²) in [7, 11) is 0. The fourth-order valence-corrected chi connectivity index (χ4v) is 4.82. The first-order chi connectivity index (χ1) is 9.97. The molecule has 0 amide bonds. The number of rotatable bonds is 4. The molecule has 120 valence electrons. The van der Waals surface area contributed by atoms with Gasteiger partial charge in [0.15, 0.2) is 0 Å². The van der Waals surface area contributed by atoms with Crippen molar-refractivity contribution in [1.29, 1.82) is 0 Å². The Balaban J connectivity index is 1.52. The smallest absolute Gasteiger partial charge is 0.0516 e. The van der Waals surface area contributed by atoms with Crippen molar-refractivity contribution < 1.29 is 0 Å². The molecule has 3 heteroatoms. The molecule has 0 aromatic carbocycles. The topological polar surface area (TPSA) is 18.8 Å². The van der Waals surface area contributed by atoms with Crippen molar-refractivity contribution in [2.75, 3.05) is 45.8 Å². The number of likely N-dealkylation sites (N-methyl/N-ethyl adjacent to an activating group) is 1. The van der Waals surface area contributed by atoms with Crippen molar-refractivity contribution in [3.05, 3.63) is 0 Å². The Kier molecular flexibility index (Phi) is 4.17. The van der Waals surface area contributed by atoms with E-state index in [4.69, 9.17) is 4.99 Å². The van der Waals surface area contributed by atoms with Crippen LogP contribution in [-0.4, -0.2) is 61.3 Å². The zero-order valence-electron chi connectivity index (χ0n) is 14.5. The minimum Gasteiger partial charge on any atom is -0.301 e. The predicted molar refractivity (Wildman–Crippen MR) is 90.1 cm³/mol. The average molecular weight is 291 g/mol. The number of hydrogen-bond donors (Lipinski definition) is 0. The lowest BCUT2D eigenvalue weighted by atomic mass is 9.70. The van der Waals surface area contributed by atoms with E-state index in [9.17, 15) is 0 Å². The molecule has 2 atom stereocenters. The largest absolute Gasteiger partial charge is 0.301 e. The molecule has 0 aromatic heterocycles. The van der Waals surface area contributed by atoms with Gasteiger partial charge >= 0.3 is 0 Å². The van der Waals surface area contributed by atoms with Crippen LogP contribution >= 0.6 is 0 Å². The highest BCUT2D eigenvalue weighted by atomic mass is 15.3. The fraction of sp³-hybridized carbons (Fsp3) is 0.944. The maximum atomic E-state index is 5.07. The molecule has 3 aliphatic rings. The first-order valence-electron chi connectivity index (χ1n) is 8.96. The molecule has 1 saturated heterocycles. The van der Waals surface area contributed by atoms with Crippen molar-refractivity contribution in [3.63, 3.8) is 0 Å². The van der Waals surface area contributed by atoms with Crippen molar-refractivity contribution in [2.24, 2.45) is 21.7 Å². The number of fused-ring (bicyclic) bond motifs is 2. The van der Waals surface area contributed by atoms with E-state index in [0.29, 0.717) is 10.8 Å². The second kappa shape index (κ2) is 5.66. The van der Waals surface area contributed by atoms with Crippen LogP contribution in [0.25, 0.3) is 0 Å². The molecule has 21 heavy (non-hydrogen) atoms. The molecule has 1 heterocycles. The van der Waals surface area contributed by atoms with Crippen molar-refractivity contribution in [3.8, 4) is 0 Å². The van der Waals surface area contributed by atoms with Crippen LogP contribution in [0.15, 0.2) is 4.99 Å². The van der Waals surface area contributed by atoms with Gasteiger partial charge in [-0.3, -0.25) is 9.89 Å². The van der Waals surface area contributed by atoms with Crippen molar-refractivity contribution >= 4 is 5.71 Å². The van der Waals surface area contributed by atoms with E-state index in [1.54, 1.807) is 0 Å². The normalized spacial score (nSPS) is 38.5. The van der Waals surface area contributed by atoms with Crippen LogP contribution in [0.4, 0.5) is 0 Å². The summed E-state index contributed by atoms with van der Waals surface area (Å²) in [6.45, 7) is 18.0. The molecular formula is C18H33N3. The molecule has 0 radical (unpaired) electrons. The molecule has 0 spiro atoms. The standard InChI is InChI=1S/C18H33N3/c1-5-20-10-12-21(13-11-20)9-8-19-16-14-15-6-7-18(16,4)17(15,2)3/h15H,5-14H2,1-4H3/t15-,18+/m1/s1. The van der Waals surface area contributed by atoms with Crippen LogP contribution < -0.4 is 0 Å². The minimum atomic E-state index is 0.387. The van der Waals surface area contributed by atoms with E-state index in [2.05, 4.69) is 37.5 Å². The van der Waals surface area contributed by atoms with Gasteiger partial charge in [0.1, 0.15) is 0 Å². The number of nitrogens with zero attached hydrogens (tertiary/aromatic N) is 3. The van der Waals surface area contributed by atoms with Crippen LogP contribution in [0.1, 0.15) is 47.0 Å². The van der Waals surface area contributed by atoms with Crippen molar-refractivity contribution in [1.82, 2.24) is 9.80 Å². The molecule has 2 bridgehead atoms. The van der Waals surface area contributed by atoms with Crippen LogP contribution in [0.2, 0.25) is 0 Å². The molecule has 3 nitrogen and oxygen atoms in total. The Bertz CT molecular complexity index is 407. The zero-order chi connectivity index (χ0) is 15.1. The van der Waals surface area contributed by atoms with Gasteiger partial charge in [-0.05, 0) is 37.1 Å². The lowest BCUT2D eigenvalue weighted by Crippen LogP contribution is -2.46. The lowest BCUT2D eigenvalue weighted by molar-refractivity contribution is 0.140. The van der Waals surface area contributed by atoms with Crippen molar-refractivity contribution in [2.45, 2.75) is 47.0 Å². The number of piperazine rings is 1. The third kappa shape index (κ3) is 2.57. The van der Waals surface area contributed by atoms with Gasteiger partial charge in [0.05, 0.1) is 6.54 Å². The molecule has 3 rings (SSSR count). The highest BCUT2D eigenvalue weighted by Crippen LogP contribution is 2.63. The summed E-state index contributed by atoms with van der Waals surface area (Å²) in [6, 6.07) is 0. The zero-order valence-corrected chi connectivity index (χ0v) is 14.5. The van der Waals surface area contributed by atoms with Crippen LogP contribution in [0.5, 0.6) is 0 Å². The Labute approximate surface area is 130 Å². The van der Waals surface area contributed by atoms with Crippen LogP contribution in [0.3, 0.4) is 0 Å². The van der Waals surface area contributed by atoms with Gasteiger partial charge in [-0.15, -0.1) is 0 Å². The number of aliphatic imine (C=N–C) groups is 1. The van der Waals surface area contributed by atoms with Crippen LogP contribution in [-0.2, 0) is 0 Å². The summed E-state index contributed by atoms with van der Waals surface area (Å²) in [5, 5.41) is 0. The van der Waals surface area contributed by atoms with E-state index in [1.165, 1.54) is 57.7 Å². The van der Waals surface area contributed by atoms with Gasteiger partial charge in [0.2, 0.25) is 0 Å². The summed E-state index contributed by atoms with van der Waals surface area (Å²) in [6.07, 6.45) is 4.05. The molecule has 0 unspecified atom stereocenters. The van der Waals surface area contributed by atoms with E-state index < -0.39 is 0 Å². The van der Waals surface area contributed by atoms with Gasteiger partial charge in [-0.2, -0.15) is 0 Å².